The summed E-state index contributed by atoms with van der Waals surface area (Å²) in [7, 11) is 1.37. The number of carbonyl (C=O) groups excluding carboxylic acids is 1. The number of halogens is 4. The van der Waals surface area contributed by atoms with Gasteiger partial charge >= 0.3 is 6.18 Å². The third-order valence-electron chi connectivity index (χ3n) is 5.19. The van der Waals surface area contributed by atoms with Crippen LogP contribution in [0.5, 0.6) is 0 Å². The fourth-order valence-corrected chi connectivity index (χ4v) is 3.57. The molecule has 1 amide bonds. The first-order valence-corrected chi connectivity index (χ1v) is 9.16. The molecular weight excluding hydrogens is 412 g/mol. The minimum Gasteiger partial charge on any atom is -0.369 e. The number of aliphatic imine (C=N–C) groups is 1. The standard InChI is InChI=1S/C22H16F4N4O/c1-30-19(31)21(29-20(30)27,15-9-16(12-28-11-15)22(24,25)26)14-7-8-18(23)17(10-14)13-5-3-2-4-6-13/h2-12H,1H3,(H2,27,29). The van der Waals surface area contributed by atoms with Crippen LogP contribution < -0.4 is 5.73 Å². The number of likely N-dealkylation sites (N-methyl/N-ethyl adjacent to an activating group) is 1. The number of aromatic nitrogens is 1. The molecule has 158 valence electrons. The Bertz CT molecular complexity index is 1190. The van der Waals surface area contributed by atoms with E-state index in [4.69, 9.17) is 5.73 Å². The summed E-state index contributed by atoms with van der Waals surface area (Å²) in [6.07, 6.45) is -2.88. The van der Waals surface area contributed by atoms with Gasteiger partial charge < -0.3 is 5.73 Å². The van der Waals surface area contributed by atoms with Crippen LogP contribution in [0.3, 0.4) is 0 Å². The number of nitrogens with two attached hydrogens (primary N) is 1. The highest BCUT2D eigenvalue weighted by atomic mass is 19.4. The predicted octanol–water partition coefficient (Wildman–Crippen LogP) is 3.94. The molecule has 1 aliphatic heterocycles. The van der Waals surface area contributed by atoms with Crippen molar-refractivity contribution >= 4 is 11.9 Å². The van der Waals surface area contributed by atoms with Crippen molar-refractivity contribution in [2.45, 2.75) is 11.7 Å². The van der Waals surface area contributed by atoms with E-state index < -0.39 is 29.0 Å². The fraction of sp³-hybridized carbons (Fsp3) is 0.136. The van der Waals surface area contributed by atoms with Crippen LogP contribution in [0.15, 0.2) is 72.0 Å². The third kappa shape index (κ3) is 3.31. The van der Waals surface area contributed by atoms with Gasteiger partial charge in [0.25, 0.3) is 5.91 Å². The van der Waals surface area contributed by atoms with Crippen LogP contribution in [-0.4, -0.2) is 28.8 Å². The molecule has 2 heterocycles. The summed E-state index contributed by atoms with van der Waals surface area (Å²) in [6.45, 7) is 0. The average Bonchev–Trinajstić information content (AvgIpc) is 2.99. The number of amides is 1. The van der Waals surface area contributed by atoms with Gasteiger partial charge in [0.2, 0.25) is 0 Å². The van der Waals surface area contributed by atoms with Gasteiger partial charge in [-0.3, -0.25) is 14.7 Å². The number of alkyl halides is 3. The van der Waals surface area contributed by atoms with Crippen molar-refractivity contribution in [1.82, 2.24) is 9.88 Å². The van der Waals surface area contributed by atoms with E-state index in [-0.39, 0.29) is 22.6 Å². The fourth-order valence-electron chi connectivity index (χ4n) is 3.57. The lowest BCUT2D eigenvalue weighted by molar-refractivity contribution is -0.138. The summed E-state index contributed by atoms with van der Waals surface area (Å²) in [5.41, 5.74) is 3.66. The van der Waals surface area contributed by atoms with Crippen molar-refractivity contribution in [2.75, 3.05) is 7.05 Å². The Morgan fingerprint density at radius 3 is 2.32 bits per heavy atom. The van der Waals surface area contributed by atoms with E-state index in [0.717, 1.165) is 23.2 Å². The molecule has 0 bridgehead atoms. The van der Waals surface area contributed by atoms with Crippen molar-refractivity contribution in [3.05, 3.63) is 89.5 Å². The summed E-state index contributed by atoms with van der Waals surface area (Å²) in [5, 5.41) is 0. The molecule has 5 nitrogen and oxygen atoms in total. The Morgan fingerprint density at radius 1 is 1.00 bits per heavy atom. The second-order valence-corrected chi connectivity index (χ2v) is 7.07. The van der Waals surface area contributed by atoms with Gasteiger partial charge in [-0.25, -0.2) is 9.38 Å². The number of guanidine groups is 1. The predicted molar refractivity (Wildman–Crippen MR) is 106 cm³/mol. The van der Waals surface area contributed by atoms with Crippen molar-refractivity contribution in [2.24, 2.45) is 10.7 Å². The normalized spacial score (nSPS) is 18.9. The zero-order valence-electron chi connectivity index (χ0n) is 16.2. The molecule has 0 saturated heterocycles. The second kappa shape index (κ2) is 7.19. The van der Waals surface area contributed by atoms with Crippen LogP contribution in [0.25, 0.3) is 11.1 Å². The molecule has 0 aliphatic carbocycles. The molecule has 0 saturated carbocycles. The average molecular weight is 428 g/mol. The minimum absolute atomic E-state index is 0.120. The molecule has 0 radical (unpaired) electrons. The van der Waals surface area contributed by atoms with E-state index in [9.17, 15) is 22.4 Å². The lowest BCUT2D eigenvalue weighted by atomic mass is 9.82. The van der Waals surface area contributed by atoms with Crippen LogP contribution in [0, 0.1) is 5.82 Å². The molecule has 2 aromatic carbocycles. The summed E-state index contributed by atoms with van der Waals surface area (Å²) in [5.74, 6) is -1.40. The zero-order valence-corrected chi connectivity index (χ0v) is 16.2. The number of pyridine rings is 1. The van der Waals surface area contributed by atoms with Crippen molar-refractivity contribution in [3.63, 3.8) is 0 Å². The van der Waals surface area contributed by atoms with Gasteiger partial charge in [-0.1, -0.05) is 36.4 Å². The molecule has 4 rings (SSSR count). The van der Waals surface area contributed by atoms with Gasteiger partial charge in [0, 0.05) is 30.6 Å². The monoisotopic (exact) mass is 428 g/mol. The van der Waals surface area contributed by atoms with Crippen molar-refractivity contribution in [3.8, 4) is 11.1 Å². The van der Waals surface area contributed by atoms with Gasteiger partial charge in [-0.05, 0) is 29.3 Å². The topological polar surface area (TPSA) is 71.6 Å². The second-order valence-electron chi connectivity index (χ2n) is 7.07. The molecule has 1 atom stereocenters. The maximum atomic E-state index is 14.6. The summed E-state index contributed by atoms with van der Waals surface area (Å²) < 4.78 is 54.6. The number of benzene rings is 2. The maximum absolute atomic E-state index is 14.6. The number of carbonyl (C=O) groups is 1. The van der Waals surface area contributed by atoms with Gasteiger partial charge in [0.05, 0.1) is 5.56 Å². The Hall–Kier alpha value is -3.75. The van der Waals surface area contributed by atoms with Gasteiger partial charge in [-0.2, -0.15) is 13.2 Å². The van der Waals surface area contributed by atoms with Crippen LogP contribution in [0.1, 0.15) is 16.7 Å². The summed E-state index contributed by atoms with van der Waals surface area (Å²) in [4.78, 5) is 22.2. The summed E-state index contributed by atoms with van der Waals surface area (Å²) >= 11 is 0. The van der Waals surface area contributed by atoms with Crippen LogP contribution in [0.4, 0.5) is 17.6 Å². The largest absolute Gasteiger partial charge is 0.417 e. The molecule has 1 unspecified atom stereocenters. The highest BCUT2D eigenvalue weighted by molar-refractivity contribution is 6.09. The zero-order chi connectivity index (χ0) is 22.4. The first kappa shape index (κ1) is 20.5. The van der Waals surface area contributed by atoms with Crippen LogP contribution >= 0.6 is 0 Å². The van der Waals surface area contributed by atoms with E-state index in [1.54, 1.807) is 30.3 Å². The first-order chi connectivity index (χ1) is 14.6. The van der Waals surface area contributed by atoms with Gasteiger partial charge in [0.15, 0.2) is 11.5 Å². The lowest BCUT2D eigenvalue weighted by Crippen LogP contribution is -2.41. The van der Waals surface area contributed by atoms with Gasteiger partial charge in [-0.15, -0.1) is 0 Å². The van der Waals surface area contributed by atoms with Crippen molar-refractivity contribution < 1.29 is 22.4 Å². The summed E-state index contributed by atoms with van der Waals surface area (Å²) in [6, 6.07) is 13.2. The maximum Gasteiger partial charge on any atom is 0.417 e. The molecule has 9 heteroatoms. The highest BCUT2D eigenvalue weighted by Crippen LogP contribution is 2.42. The van der Waals surface area contributed by atoms with Crippen molar-refractivity contribution in [1.29, 1.82) is 0 Å². The van der Waals surface area contributed by atoms with Crippen LogP contribution in [-0.2, 0) is 16.5 Å². The molecule has 1 aromatic heterocycles. The van der Waals surface area contributed by atoms with Gasteiger partial charge in [0.1, 0.15) is 5.82 Å². The Labute approximate surface area is 174 Å². The number of rotatable bonds is 3. The molecule has 2 N–H and O–H groups in total. The Balaban J connectivity index is 1.99. The number of nitrogens with zero attached hydrogens (tertiary/aromatic N) is 3. The molecule has 0 spiro atoms. The minimum atomic E-state index is -4.68. The number of hydrogen-bond acceptors (Lipinski definition) is 4. The highest BCUT2D eigenvalue weighted by Gasteiger charge is 2.50. The first-order valence-electron chi connectivity index (χ1n) is 9.16. The quantitative estimate of drug-likeness (QED) is 0.643. The third-order valence-corrected chi connectivity index (χ3v) is 5.19. The molecule has 1 aliphatic rings. The molecule has 3 aromatic rings. The lowest BCUT2D eigenvalue weighted by Gasteiger charge is -2.27. The van der Waals surface area contributed by atoms with E-state index in [0.29, 0.717) is 11.8 Å². The molecule has 0 fully saturated rings. The van der Waals surface area contributed by atoms with E-state index in [2.05, 4.69) is 9.98 Å². The SMILES string of the molecule is CN1C(=O)C(c2cncc(C(F)(F)F)c2)(c2ccc(F)c(-c3ccccc3)c2)N=C1N. The van der Waals surface area contributed by atoms with E-state index >= 15 is 0 Å². The molecule has 31 heavy (non-hydrogen) atoms. The Kier molecular flexibility index (Phi) is 4.76. The van der Waals surface area contributed by atoms with E-state index in [1.807, 2.05) is 0 Å². The molecular formula is C22H16F4N4O. The Morgan fingerprint density at radius 2 is 1.71 bits per heavy atom. The van der Waals surface area contributed by atoms with Crippen LogP contribution in [0.2, 0.25) is 0 Å². The van der Waals surface area contributed by atoms with E-state index in [1.165, 1.54) is 19.2 Å². The number of hydrogen-bond donors (Lipinski definition) is 1. The smallest absolute Gasteiger partial charge is 0.369 e.